The smallest absolute Gasteiger partial charge is 0.253 e. The highest BCUT2D eigenvalue weighted by Crippen LogP contribution is 2.43. The summed E-state index contributed by atoms with van der Waals surface area (Å²) in [6.45, 7) is 4.37. The number of sulfonamides is 1. The molecule has 188 valence electrons. The molecule has 0 atom stereocenters. The zero-order valence-corrected chi connectivity index (χ0v) is 20.8. The van der Waals surface area contributed by atoms with Gasteiger partial charge in [0.15, 0.2) is 0 Å². The predicted octanol–water partition coefficient (Wildman–Crippen LogP) is 2.40. The molecule has 5 rings (SSSR count). The number of carbonyl (C=O) groups excluding carboxylic acids is 1. The van der Waals surface area contributed by atoms with Crippen LogP contribution < -0.4 is 10.2 Å². The number of nitrogens with one attached hydrogen (secondary N) is 1. The van der Waals surface area contributed by atoms with E-state index in [1.165, 1.54) is 9.87 Å². The van der Waals surface area contributed by atoms with Gasteiger partial charge in [0.1, 0.15) is 0 Å². The molecule has 2 heterocycles. The third kappa shape index (κ3) is 4.95. The standard InChI is InChI=1S/C26H33N3O5S/c30-25(27-20-26(9-4-10-26)21-5-2-1-3-6-21)23-19-22(35(31,32)29-13-17-34-18-14-29)7-8-24(23)28-11-15-33-16-12-28/h1-3,5-8,19H,4,9-18,20H2,(H,27,30). The number of hydrogen-bond acceptors (Lipinski definition) is 6. The molecule has 0 bridgehead atoms. The summed E-state index contributed by atoms with van der Waals surface area (Å²) in [4.78, 5) is 15.8. The molecule has 0 unspecified atom stereocenters. The van der Waals surface area contributed by atoms with Gasteiger partial charge in [0.05, 0.1) is 36.9 Å². The molecule has 3 aliphatic rings. The summed E-state index contributed by atoms with van der Waals surface area (Å²) >= 11 is 0. The van der Waals surface area contributed by atoms with Crippen LogP contribution in [0.5, 0.6) is 0 Å². The first-order valence-corrected chi connectivity index (χ1v) is 13.8. The second kappa shape index (κ2) is 10.3. The van der Waals surface area contributed by atoms with Crippen molar-refractivity contribution in [3.8, 4) is 0 Å². The largest absolute Gasteiger partial charge is 0.379 e. The van der Waals surface area contributed by atoms with E-state index >= 15 is 0 Å². The highest BCUT2D eigenvalue weighted by Gasteiger charge is 2.39. The minimum absolute atomic E-state index is 0.0620. The number of benzene rings is 2. The maximum Gasteiger partial charge on any atom is 0.253 e. The fourth-order valence-electron chi connectivity index (χ4n) is 5.18. The van der Waals surface area contributed by atoms with E-state index in [9.17, 15) is 13.2 Å². The van der Waals surface area contributed by atoms with Crippen molar-refractivity contribution in [3.05, 3.63) is 59.7 Å². The van der Waals surface area contributed by atoms with Gasteiger partial charge in [-0.05, 0) is 36.6 Å². The summed E-state index contributed by atoms with van der Waals surface area (Å²) in [5, 5.41) is 3.15. The van der Waals surface area contributed by atoms with Gasteiger partial charge >= 0.3 is 0 Å². The van der Waals surface area contributed by atoms with Crippen molar-refractivity contribution >= 4 is 21.6 Å². The lowest BCUT2D eigenvalue weighted by Crippen LogP contribution is -2.46. The Kier molecular flexibility index (Phi) is 7.11. The lowest BCUT2D eigenvalue weighted by Gasteiger charge is -2.42. The summed E-state index contributed by atoms with van der Waals surface area (Å²) in [5.74, 6) is -0.243. The Hall–Kier alpha value is -2.46. The fraction of sp³-hybridized carbons (Fsp3) is 0.500. The Balaban J connectivity index is 1.43. The molecular weight excluding hydrogens is 466 g/mol. The number of ether oxygens (including phenoxy) is 2. The van der Waals surface area contributed by atoms with Crippen LogP contribution in [0.4, 0.5) is 5.69 Å². The van der Waals surface area contributed by atoms with E-state index in [0.717, 1.165) is 24.9 Å². The van der Waals surface area contributed by atoms with Gasteiger partial charge in [-0.1, -0.05) is 36.8 Å². The summed E-state index contributed by atoms with van der Waals surface area (Å²) < 4.78 is 38.9. The van der Waals surface area contributed by atoms with Gasteiger partial charge in [-0.3, -0.25) is 4.79 Å². The van der Waals surface area contributed by atoms with Crippen LogP contribution in [0.3, 0.4) is 0 Å². The normalized spacial score (nSPS) is 20.7. The number of anilines is 1. The van der Waals surface area contributed by atoms with Crippen LogP contribution >= 0.6 is 0 Å². The molecule has 2 aromatic carbocycles. The summed E-state index contributed by atoms with van der Waals surface area (Å²) in [7, 11) is -3.72. The van der Waals surface area contributed by atoms with Gasteiger partial charge < -0.3 is 19.7 Å². The van der Waals surface area contributed by atoms with Gasteiger partial charge in [0.25, 0.3) is 5.91 Å². The third-order valence-electron chi connectivity index (χ3n) is 7.46. The monoisotopic (exact) mass is 499 g/mol. The van der Waals surface area contributed by atoms with Crippen LogP contribution in [0, 0.1) is 0 Å². The van der Waals surface area contributed by atoms with Gasteiger partial charge in [-0.15, -0.1) is 0 Å². The zero-order valence-electron chi connectivity index (χ0n) is 19.9. The maximum atomic E-state index is 13.6. The Morgan fingerprint density at radius 3 is 2.20 bits per heavy atom. The first kappa shape index (κ1) is 24.2. The van der Waals surface area contributed by atoms with E-state index in [2.05, 4.69) is 22.3 Å². The lowest BCUT2D eigenvalue weighted by molar-refractivity contribution is 0.0730. The number of morpholine rings is 2. The number of amides is 1. The molecule has 8 nitrogen and oxygen atoms in total. The second-order valence-corrected chi connectivity index (χ2v) is 11.4. The van der Waals surface area contributed by atoms with Crippen LogP contribution in [0.1, 0.15) is 35.2 Å². The van der Waals surface area contributed by atoms with Crippen molar-refractivity contribution in [1.29, 1.82) is 0 Å². The topological polar surface area (TPSA) is 88.2 Å². The zero-order chi connectivity index (χ0) is 24.3. The molecule has 1 aliphatic carbocycles. The van der Waals surface area contributed by atoms with E-state index < -0.39 is 10.0 Å². The Bertz CT molecular complexity index is 1140. The molecule has 0 aromatic heterocycles. The summed E-state index contributed by atoms with van der Waals surface area (Å²) in [5.41, 5.74) is 2.31. The molecule has 1 amide bonds. The second-order valence-electron chi connectivity index (χ2n) is 9.48. The van der Waals surface area contributed by atoms with E-state index in [1.807, 2.05) is 18.2 Å². The van der Waals surface area contributed by atoms with Gasteiger partial charge in [-0.25, -0.2) is 8.42 Å². The fourth-order valence-corrected chi connectivity index (χ4v) is 6.62. The van der Waals surface area contributed by atoms with E-state index in [-0.39, 0.29) is 16.2 Å². The molecule has 2 aromatic rings. The number of carbonyl (C=O) groups is 1. The van der Waals surface area contributed by atoms with Crippen LogP contribution in [0.15, 0.2) is 53.4 Å². The average Bonchev–Trinajstić information content (AvgIpc) is 2.89. The van der Waals surface area contributed by atoms with Crippen molar-refractivity contribution in [2.45, 2.75) is 29.6 Å². The van der Waals surface area contributed by atoms with Crippen molar-refractivity contribution < 1.29 is 22.7 Å². The van der Waals surface area contributed by atoms with Crippen molar-refractivity contribution in [2.75, 3.05) is 64.1 Å². The van der Waals surface area contributed by atoms with Crippen LogP contribution in [-0.2, 0) is 24.9 Å². The Morgan fingerprint density at radius 2 is 1.57 bits per heavy atom. The van der Waals surface area contributed by atoms with Crippen molar-refractivity contribution in [1.82, 2.24) is 9.62 Å². The Morgan fingerprint density at radius 1 is 0.914 bits per heavy atom. The first-order valence-electron chi connectivity index (χ1n) is 12.4. The van der Waals surface area contributed by atoms with E-state index in [4.69, 9.17) is 9.47 Å². The van der Waals surface area contributed by atoms with Crippen LogP contribution in [0.25, 0.3) is 0 Å². The molecule has 2 aliphatic heterocycles. The number of nitrogens with zero attached hydrogens (tertiary/aromatic N) is 2. The Labute approximate surface area is 207 Å². The molecule has 3 fully saturated rings. The molecule has 9 heteroatoms. The average molecular weight is 500 g/mol. The highest BCUT2D eigenvalue weighted by molar-refractivity contribution is 7.89. The maximum absolute atomic E-state index is 13.6. The molecule has 0 radical (unpaired) electrons. The highest BCUT2D eigenvalue weighted by atomic mass is 32.2. The van der Waals surface area contributed by atoms with Gasteiger partial charge in [0.2, 0.25) is 10.0 Å². The number of hydrogen-bond donors (Lipinski definition) is 1. The minimum atomic E-state index is -3.72. The first-order chi connectivity index (χ1) is 17.0. The summed E-state index contributed by atoms with van der Waals surface area (Å²) in [6, 6.07) is 15.2. The SMILES string of the molecule is O=C(NCC1(c2ccccc2)CCC1)c1cc(S(=O)(=O)N2CCOCC2)ccc1N1CCOCC1. The molecule has 0 spiro atoms. The van der Waals surface area contributed by atoms with Gasteiger partial charge in [0, 0.05) is 43.8 Å². The molecule has 2 saturated heterocycles. The molecule has 1 N–H and O–H groups in total. The molecular formula is C26H33N3O5S. The lowest BCUT2D eigenvalue weighted by atomic mass is 9.64. The number of rotatable bonds is 7. The van der Waals surface area contributed by atoms with Crippen LogP contribution in [0.2, 0.25) is 0 Å². The van der Waals surface area contributed by atoms with Gasteiger partial charge in [-0.2, -0.15) is 4.31 Å². The minimum Gasteiger partial charge on any atom is -0.379 e. The van der Waals surface area contributed by atoms with Crippen molar-refractivity contribution in [2.24, 2.45) is 0 Å². The molecule has 35 heavy (non-hydrogen) atoms. The third-order valence-corrected chi connectivity index (χ3v) is 9.35. The van der Waals surface area contributed by atoms with Crippen molar-refractivity contribution in [3.63, 3.8) is 0 Å². The van der Waals surface area contributed by atoms with E-state index in [0.29, 0.717) is 64.7 Å². The molecule has 1 saturated carbocycles. The summed E-state index contributed by atoms with van der Waals surface area (Å²) in [6.07, 6.45) is 3.19. The van der Waals surface area contributed by atoms with E-state index in [1.54, 1.807) is 18.2 Å². The quantitative estimate of drug-likeness (QED) is 0.630. The predicted molar refractivity (Wildman–Crippen MR) is 133 cm³/mol. The van der Waals surface area contributed by atoms with Crippen LogP contribution in [-0.4, -0.2) is 77.8 Å².